The summed E-state index contributed by atoms with van der Waals surface area (Å²) in [7, 11) is 0. The van der Waals surface area contributed by atoms with Gasteiger partial charge in [0.2, 0.25) is 0 Å². The maximum absolute atomic E-state index is 9.91. The fourth-order valence-corrected chi connectivity index (χ4v) is 2.60. The Hall–Kier alpha value is -1.96. The highest BCUT2D eigenvalue weighted by Crippen LogP contribution is 2.37. The highest BCUT2D eigenvalue weighted by Gasteiger charge is 2.15. The van der Waals surface area contributed by atoms with Crippen LogP contribution in [0, 0.1) is 0 Å². The van der Waals surface area contributed by atoms with Gasteiger partial charge in [0.1, 0.15) is 22.9 Å². The lowest BCUT2D eigenvalue weighted by Crippen LogP contribution is -1.83. The molecule has 0 spiro atoms. The van der Waals surface area contributed by atoms with Crippen LogP contribution in [-0.4, -0.2) is 23.3 Å². The number of rotatable bonds is 1. The molecule has 0 amide bonds. The molecule has 0 aliphatic heterocycles. The number of aromatic nitrogens is 2. The largest absolute Gasteiger partial charge is 0.508 e. The summed E-state index contributed by atoms with van der Waals surface area (Å²) < 4.78 is 1.61. The van der Waals surface area contributed by atoms with E-state index in [2.05, 4.69) is 5.10 Å². The molecule has 3 N–H and O–H groups in total. The number of hydrogen-bond donors (Lipinski definition) is 3. The lowest BCUT2D eigenvalue weighted by Gasteiger charge is -2.02. The van der Waals surface area contributed by atoms with Crippen LogP contribution in [0.4, 0.5) is 0 Å². The van der Waals surface area contributed by atoms with Crippen molar-refractivity contribution >= 4 is 33.8 Å². The van der Waals surface area contributed by atoms with E-state index in [4.69, 9.17) is 0 Å². The van der Waals surface area contributed by atoms with Gasteiger partial charge in [-0.1, -0.05) is 0 Å². The number of nitrogens with zero attached hydrogens (tertiary/aromatic N) is 2. The minimum Gasteiger partial charge on any atom is -0.508 e. The lowest BCUT2D eigenvalue weighted by molar-refractivity contribution is 0.452. The minimum absolute atomic E-state index is 0.00268. The first kappa shape index (κ1) is 12.1. The zero-order chi connectivity index (χ0) is 13.6. The number of phenols is 3. The zero-order valence-electron chi connectivity index (χ0n) is 9.58. The molecule has 0 saturated heterocycles. The average Bonchev–Trinajstić information content (AvgIpc) is 2.66. The lowest BCUT2D eigenvalue weighted by atomic mass is 10.1. The predicted octanol–water partition coefficient (Wildman–Crippen LogP) is 3.02. The molecular formula is C13H9IN2O3. The van der Waals surface area contributed by atoms with Gasteiger partial charge in [0.25, 0.3) is 0 Å². The summed E-state index contributed by atoms with van der Waals surface area (Å²) in [6.07, 6.45) is 0. The Morgan fingerprint density at radius 3 is 2.37 bits per heavy atom. The van der Waals surface area contributed by atoms with Crippen LogP contribution < -0.4 is 0 Å². The first-order valence-corrected chi connectivity index (χ1v) is 6.43. The molecule has 0 aliphatic carbocycles. The first-order chi connectivity index (χ1) is 9.06. The van der Waals surface area contributed by atoms with E-state index < -0.39 is 0 Å². The summed E-state index contributed by atoms with van der Waals surface area (Å²) in [5, 5.41) is 33.9. The molecule has 5 nitrogen and oxygen atoms in total. The van der Waals surface area contributed by atoms with Gasteiger partial charge in [-0.05, 0) is 24.3 Å². The van der Waals surface area contributed by atoms with Crippen molar-refractivity contribution in [2.45, 2.75) is 0 Å². The van der Waals surface area contributed by atoms with Crippen molar-refractivity contribution in [2.75, 3.05) is 0 Å². The van der Waals surface area contributed by atoms with Gasteiger partial charge in [-0.25, -0.2) is 2.90 Å². The molecule has 2 aromatic carbocycles. The van der Waals surface area contributed by atoms with Crippen LogP contribution in [0.25, 0.3) is 22.2 Å². The fourth-order valence-electron chi connectivity index (χ4n) is 1.99. The summed E-state index contributed by atoms with van der Waals surface area (Å²) in [4.78, 5) is 0. The van der Waals surface area contributed by atoms with Crippen LogP contribution >= 0.6 is 22.9 Å². The molecular weight excluding hydrogens is 359 g/mol. The molecule has 6 heteroatoms. The van der Waals surface area contributed by atoms with Gasteiger partial charge in [-0.15, -0.1) is 0 Å². The van der Waals surface area contributed by atoms with Gasteiger partial charge in [0.15, 0.2) is 0 Å². The molecule has 96 valence electrons. The Labute approximate surface area is 122 Å². The van der Waals surface area contributed by atoms with Gasteiger partial charge in [0, 0.05) is 23.1 Å². The molecule has 0 fully saturated rings. The molecule has 0 bridgehead atoms. The van der Waals surface area contributed by atoms with E-state index in [9.17, 15) is 15.3 Å². The smallest absolute Gasteiger partial charge is 0.128 e. The monoisotopic (exact) mass is 368 g/mol. The van der Waals surface area contributed by atoms with Crippen molar-refractivity contribution in [3.63, 3.8) is 0 Å². The van der Waals surface area contributed by atoms with E-state index >= 15 is 0 Å². The SMILES string of the molecule is Oc1ccc(-c2nn(I)c3cc(O)ccc23)c(O)c1. The number of fused-ring (bicyclic) bond motifs is 1. The van der Waals surface area contributed by atoms with Crippen LogP contribution in [0.3, 0.4) is 0 Å². The van der Waals surface area contributed by atoms with Crippen molar-refractivity contribution in [3.05, 3.63) is 36.4 Å². The summed E-state index contributed by atoms with van der Waals surface area (Å²) in [6, 6.07) is 9.29. The zero-order valence-corrected chi connectivity index (χ0v) is 11.7. The number of phenolic OH excluding ortho intramolecular Hbond substituents is 3. The Morgan fingerprint density at radius 2 is 1.63 bits per heavy atom. The van der Waals surface area contributed by atoms with E-state index in [1.165, 1.54) is 12.1 Å². The van der Waals surface area contributed by atoms with Crippen molar-refractivity contribution in [1.29, 1.82) is 0 Å². The van der Waals surface area contributed by atoms with Gasteiger partial charge in [-0.3, -0.25) is 0 Å². The molecule has 0 unspecified atom stereocenters. The highest BCUT2D eigenvalue weighted by molar-refractivity contribution is 14.1. The number of halogens is 1. The number of aromatic hydroxyl groups is 3. The van der Waals surface area contributed by atoms with Gasteiger partial charge in [0.05, 0.1) is 28.4 Å². The minimum atomic E-state index is -0.0375. The second kappa shape index (κ2) is 4.30. The molecule has 3 aromatic rings. The second-order valence-corrected chi connectivity index (χ2v) is 5.03. The maximum Gasteiger partial charge on any atom is 0.128 e. The molecule has 0 radical (unpaired) electrons. The summed E-state index contributed by atoms with van der Waals surface area (Å²) in [5.74, 6) is 0.119. The molecule has 1 aromatic heterocycles. The number of hydrogen-bond acceptors (Lipinski definition) is 4. The van der Waals surface area contributed by atoms with Gasteiger partial charge >= 0.3 is 0 Å². The van der Waals surface area contributed by atoms with E-state index in [1.54, 1.807) is 27.2 Å². The molecule has 1 heterocycles. The molecule has 0 aliphatic rings. The van der Waals surface area contributed by atoms with Crippen LogP contribution in [0.2, 0.25) is 0 Å². The van der Waals surface area contributed by atoms with Gasteiger partial charge in [-0.2, -0.15) is 5.10 Å². The van der Waals surface area contributed by atoms with Crippen molar-refractivity contribution in [1.82, 2.24) is 7.99 Å². The fraction of sp³-hybridized carbons (Fsp3) is 0. The molecule has 19 heavy (non-hydrogen) atoms. The summed E-state index contributed by atoms with van der Waals surface area (Å²) >= 11 is 2.00. The Bertz CT molecular complexity index is 783. The molecule has 3 rings (SSSR count). The highest BCUT2D eigenvalue weighted by atomic mass is 127. The maximum atomic E-state index is 9.91. The predicted molar refractivity (Wildman–Crippen MR) is 79.6 cm³/mol. The van der Waals surface area contributed by atoms with E-state index in [0.29, 0.717) is 11.3 Å². The van der Waals surface area contributed by atoms with E-state index in [-0.39, 0.29) is 17.2 Å². The van der Waals surface area contributed by atoms with E-state index in [0.717, 1.165) is 10.9 Å². The van der Waals surface area contributed by atoms with Crippen molar-refractivity contribution < 1.29 is 15.3 Å². The second-order valence-electron chi connectivity index (χ2n) is 4.11. The van der Waals surface area contributed by atoms with Crippen LogP contribution in [0.15, 0.2) is 36.4 Å². The van der Waals surface area contributed by atoms with Crippen LogP contribution in [0.5, 0.6) is 17.2 Å². The van der Waals surface area contributed by atoms with Crippen LogP contribution in [0.1, 0.15) is 0 Å². The standard InChI is InChI=1S/C13H9IN2O3/c14-16-11-5-7(17)1-3-9(11)13(15-16)10-4-2-8(18)6-12(10)19/h1-6,17-19H. The van der Waals surface area contributed by atoms with Gasteiger partial charge < -0.3 is 15.3 Å². The third-order valence-electron chi connectivity index (χ3n) is 2.86. The Morgan fingerprint density at radius 1 is 0.947 bits per heavy atom. The third-order valence-corrected chi connectivity index (χ3v) is 3.59. The van der Waals surface area contributed by atoms with E-state index in [1.807, 2.05) is 22.9 Å². The van der Waals surface area contributed by atoms with Crippen LogP contribution in [-0.2, 0) is 0 Å². The van der Waals surface area contributed by atoms with Crippen molar-refractivity contribution in [2.24, 2.45) is 0 Å². The normalized spacial score (nSPS) is 11.0. The summed E-state index contributed by atoms with van der Waals surface area (Å²) in [6.45, 7) is 0. The number of benzene rings is 2. The summed E-state index contributed by atoms with van der Waals surface area (Å²) in [5.41, 5.74) is 1.88. The average molecular weight is 368 g/mol. The molecule has 0 atom stereocenters. The van der Waals surface area contributed by atoms with Crippen molar-refractivity contribution in [3.8, 4) is 28.5 Å². The quantitative estimate of drug-likeness (QED) is 0.577. The third kappa shape index (κ3) is 1.97. The molecule has 0 saturated carbocycles. The topological polar surface area (TPSA) is 78.5 Å². The first-order valence-electron chi connectivity index (χ1n) is 5.46. The Balaban J connectivity index is 2.31. The Kier molecular flexibility index (Phi) is 2.74.